The molecule has 1 saturated heterocycles. The summed E-state index contributed by atoms with van der Waals surface area (Å²) in [5.41, 5.74) is 1.02. The normalized spacial score (nSPS) is 14.4. The van der Waals surface area contributed by atoms with Gasteiger partial charge in [-0.05, 0) is 23.9 Å². The van der Waals surface area contributed by atoms with Crippen LogP contribution in [0.1, 0.15) is 10.4 Å². The van der Waals surface area contributed by atoms with Crippen LogP contribution in [0, 0.1) is 0 Å². The quantitative estimate of drug-likeness (QED) is 0.840. The van der Waals surface area contributed by atoms with Crippen LogP contribution in [-0.4, -0.2) is 43.9 Å². The number of carbonyl (C=O) groups is 1. The Labute approximate surface area is 145 Å². The number of hydrogen-bond donors (Lipinski definition) is 2. The minimum atomic E-state index is -0.150. The molecule has 0 bridgehead atoms. The zero-order chi connectivity index (χ0) is 16.6. The average Bonchev–Trinajstić information content (AvgIpc) is 3.14. The molecule has 24 heavy (non-hydrogen) atoms. The maximum absolute atomic E-state index is 12.0. The molecule has 2 aromatic rings. The summed E-state index contributed by atoms with van der Waals surface area (Å²) in [6.07, 6.45) is 2.65. The van der Waals surface area contributed by atoms with E-state index in [-0.39, 0.29) is 6.03 Å². The summed E-state index contributed by atoms with van der Waals surface area (Å²) >= 11 is 1.71. The van der Waals surface area contributed by atoms with Gasteiger partial charge in [0.1, 0.15) is 5.82 Å². The highest BCUT2D eigenvalue weighted by atomic mass is 32.1. The SMILES string of the molecule is O=C(NCCc1cccs1)NCc1cccnc1N1CCOCC1. The van der Waals surface area contributed by atoms with Gasteiger partial charge in [0, 0.05) is 42.8 Å². The zero-order valence-electron chi connectivity index (χ0n) is 13.5. The number of aromatic nitrogens is 1. The first-order valence-corrected chi connectivity index (χ1v) is 9.01. The van der Waals surface area contributed by atoms with E-state index >= 15 is 0 Å². The van der Waals surface area contributed by atoms with Crippen LogP contribution in [0.3, 0.4) is 0 Å². The number of anilines is 1. The molecule has 1 aliphatic rings. The van der Waals surface area contributed by atoms with Crippen LogP contribution in [0.5, 0.6) is 0 Å². The van der Waals surface area contributed by atoms with Crippen molar-refractivity contribution < 1.29 is 9.53 Å². The highest BCUT2D eigenvalue weighted by molar-refractivity contribution is 7.09. The van der Waals surface area contributed by atoms with Gasteiger partial charge in [-0.3, -0.25) is 0 Å². The van der Waals surface area contributed by atoms with Crippen LogP contribution in [-0.2, 0) is 17.7 Å². The number of carbonyl (C=O) groups excluding carboxylic acids is 1. The Bertz CT molecular complexity index is 642. The molecule has 3 heterocycles. The number of nitrogens with zero attached hydrogens (tertiary/aromatic N) is 2. The summed E-state index contributed by atoms with van der Waals surface area (Å²) in [6.45, 7) is 4.19. The summed E-state index contributed by atoms with van der Waals surface area (Å²) in [6, 6.07) is 7.85. The van der Waals surface area contributed by atoms with Gasteiger partial charge in [-0.2, -0.15) is 0 Å². The molecular formula is C17H22N4O2S. The Kier molecular flexibility index (Phi) is 6.03. The number of pyridine rings is 1. The number of hydrogen-bond acceptors (Lipinski definition) is 5. The van der Waals surface area contributed by atoms with Gasteiger partial charge in [-0.25, -0.2) is 9.78 Å². The average molecular weight is 346 g/mol. The lowest BCUT2D eigenvalue weighted by molar-refractivity contribution is 0.122. The fourth-order valence-electron chi connectivity index (χ4n) is 2.62. The van der Waals surface area contributed by atoms with Crippen molar-refractivity contribution in [1.82, 2.24) is 15.6 Å². The number of thiophene rings is 1. The fraction of sp³-hybridized carbons (Fsp3) is 0.412. The highest BCUT2D eigenvalue weighted by Gasteiger charge is 2.16. The Morgan fingerprint density at radius 3 is 2.92 bits per heavy atom. The van der Waals surface area contributed by atoms with E-state index in [0.29, 0.717) is 26.3 Å². The molecular weight excluding hydrogens is 324 g/mol. The molecule has 1 fully saturated rings. The summed E-state index contributed by atoms with van der Waals surface area (Å²) in [4.78, 5) is 19.9. The van der Waals surface area contributed by atoms with Crippen molar-refractivity contribution in [1.29, 1.82) is 0 Å². The molecule has 0 radical (unpaired) electrons. The van der Waals surface area contributed by atoms with E-state index < -0.39 is 0 Å². The molecule has 0 unspecified atom stereocenters. The van der Waals surface area contributed by atoms with Crippen LogP contribution in [0.15, 0.2) is 35.8 Å². The van der Waals surface area contributed by atoms with Crippen molar-refractivity contribution in [2.24, 2.45) is 0 Å². The fourth-order valence-corrected chi connectivity index (χ4v) is 3.33. The second kappa shape index (κ2) is 8.65. The van der Waals surface area contributed by atoms with E-state index in [9.17, 15) is 4.79 Å². The van der Waals surface area contributed by atoms with Gasteiger partial charge in [0.15, 0.2) is 0 Å². The van der Waals surface area contributed by atoms with Gasteiger partial charge in [-0.15, -0.1) is 11.3 Å². The smallest absolute Gasteiger partial charge is 0.315 e. The lowest BCUT2D eigenvalue weighted by Gasteiger charge is -2.29. The predicted molar refractivity (Wildman–Crippen MR) is 95.5 cm³/mol. The van der Waals surface area contributed by atoms with Crippen molar-refractivity contribution in [3.8, 4) is 0 Å². The van der Waals surface area contributed by atoms with Crippen molar-refractivity contribution >= 4 is 23.2 Å². The zero-order valence-corrected chi connectivity index (χ0v) is 14.3. The van der Waals surface area contributed by atoms with E-state index in [1.807, 2.05) is 23.6 Å². The number of amides is 2. The van der Waals surface area contributed by atoms with Crippen LogP contribution < -0.4 is 15.5 Å². The molecule has 2 N–H and O–H groups in total. The second-order valence-electron chi connectivity index (χ2n) is 5.52. The van der Waals surface area contributed by atoms with Gasteiger partial charge >= 0.3 is 6.03 Å². The highest BCUT2D eigenvalue weighted by Crippen LogP contribution is 2.18. The third kappa shape index (κ3) is 4.69. The minimum absolute atomic E-state index is 0.150. The lowest BCUT2D eigenvalue weighted by atomic mass is 10.2. The summed E-state index contributed by atoms with van der Waals surface area (Å²) < 4.78 is 5.39. The monoisotopic (exact) mass is 346 g/mol. The standard InChI is InChI=1S/C17H22N4O2S/c22-17(19-7-5-15-4-2-12-24-15)20-13-14-3-1-6-18-16(14)21-8-10-23-11-9-21/h1-4,6,12H,5,7-11,13H2,(H2,19,20,22). The number of ether oxygens (including phenoxy) is 1. The molecule has 7 heteroatoms. The Balaban J connectivity index is 1.48. The maximum Gasteiger partial charge on any atom is 0.315 e. The summed E-state index contributed by atoms with van der Waals surface area (Å²) in [5.74, 6) is 0.930. The van der Waals surface area contributed by atoms with Crippen molar-refractivity contribution in [2.75, 3.05) is 37.7 Å². The molecule has 6 nitrogen and oxygen atoms in total. The summed E-state index contributed by atoms with van der Waals surface area (Å²) in [7, 11) is 0. The molecule has 3 rings (SSSR count). The largest absolute Gasteiger partial charge is 0.378 e. The van der Waals surface area contributed by atoms with Crippen LogP contribution >= 0.6 is 11.3 Å². The van der Waals surface area contributed by atoms with Gasteiger partial charge in [0.05, 0.1) is 13.2 Å². The van der Waals surface area contributed by atoms with Gasteiger partial charge in [0.2, 0.25) is 0 Å². The second-order valence-corrected chi connectivity index (χ2v) is 6.56. The molecule has 128 valence electrons. The van der Waals surface area contributed by atoms with E-state index in [1.54, 1.807) is 17.5 Å². The third-order valence-corrected chi connectivity index (χ3v) is 4.79. The summed E-state index contributed by atoms with van der Waals surface area (Å²) in [5, 5.41) is 7.85. The predicted octanol–water partition coefficient (Wildman–Crippen LogP) is 2.02. The van der Waals surface area contributed by atoms with Crippen molar-refractivity contribution in [3.05, 3.63) is 46.3 Å². The van der Waals surface area contributed by atoms with Gasteiger partial charge in [0.25, 0.3) is 0 Å². The molecule has 0 atom stereocenters. The molecule has 0 aromatic carbocycles. The lowest BCUT2D eigenvalue weighted by Crippen LogP contribution is -2.39. The molecule has 2 aromatic heterocycles. The van der Waals surface area contributed by atoms with E-state index in [4.69, 9.17) is 4.74 Å². The Morgan fingerprint density at radius 1 is 1.25 bits per heavy atom. The number of rotatable bonds is 6. The molecule has 0 aliphatic carbocycles. The number of morpholine rings is 1. The first kappa shape index (κ1) is 16.7. The first-order valence-electron chi connectivity index (χ1n) is 8.13. The van der Waals surface area contributed by atoms with Crippen LogP contribution in [0.25, 0.3) is 0 Å². The molecule has 0 saturated carbocycles. The Hall–Kier alpha value is -2.12. The molecule has 1 aliphatic heterocycles. The minimum Gasteiger partial charge on any atom is -0.378 e. The molecule has 0 spiro atoms. The number of nitrogens with one attached hydrogen (secondary N) is 2. The van der Waals surface area contributed by atoms with Crippen molar-refractivity contribution in [2.45, 2.75) is 13.0 Å². The molecule has 2 amide bonds. The van der Waals surface area contributed by atoms with E-state index in [1.165, 1.54) is 4.88 Å². The number of urea groups is 1. The van der Waals surface area contributed by atoms with Crippen LogP contribution in [0.2, 0.25) is 0 Å². The van der Waals surface area contributed by atoms with Crippen molar-refractivity contribution in [3.63, 3.8) is 0 Å². The Morgan fingerprint density at radius 2 is 2.12 bits per heavy atom. The van der Waals surface area contributed by atoms with E-state index in [0.717, 1.165) is 30.9 Å². The maximum atomic E-state index is 12.0. The topological polar surface area (TPSA) is 66.5 Å². The van der Waals surface area contributed by atoms with Gasteiger partial charge in [-0.1, -0.05) is 12.1 Å². The third-order valence-electron chi connectivity index (χ3n) is 3.85. The first-order chi connectivity index (χ1) is 11.8. The van der Waals surface area contributed by atoms with Crippen LogP contribution in [0.4, 0.5) is 10.6 Å². The van der Waals surface area contributed by atoms with Gasteiger partial charge < -0.3 is 20.3 Å². The van der Waals surface area contributed by atoms with E-state index in [2.05, 4.69) is 26.6 Å².